The van der Waals surface area contributed by atoms with Crippen LogP contribution in [0.5, 0.6) is 0 Å². The topological polar surface area (TPSA) is 38.1 Å². The van der Waals surface area contributed by atoms with Crippen molar-refractivity contribution in [3.8, 4) is 0 Å². The Morgan fingerprint density at radius 3 is 3.07 bits per heavy atom. The summed E-state index contributed by atoms with van der Waals surface area (Å²) in [4.78, 5) is 0. The third-order valence-corrected chi connectivity index (χ3v) is 3.57. The average Bonchev–Trinajstić information content (AvgIpc) is 2.84. The van der Waals surface area contributed by atoms with Gasteiger partial charge >= 0.3 is 0 Å². The number of allylic oxidation sites excluding steroid dienone is 2. The molecule has 1 N–H and O–H groups in total. The van der Waals surface area contributed by atoms with E-state index in [4.69, 9.17) is 4.52 Å². The SMILES string of the molecule is Cc1cc(C2=CC[C@@H]3CNC[C@@H]3C2)on1. The van der Waals surface area contributed by atoms with E-state index in [1.54, 1.807) is 0 Å². The number of hydrogen-bond acceptors (Lipinski definition) is 3. The van der Waals surface area contributed by atoms with E-state index < -0.39 is 0 Å². The third-order valence-electron chi connectivity index (χ3n) is 3.57. The number of hydrogen-bond donors (Lipinski definition) is 1. The Morgan fingerprint density at radius 2 is 2.27 bits per heavy atom. The highest BCUT2D eigenvalue weighted by molar-refractivity contribution is 5.62. The largest absolute Gasteiger partial charge is 0.356 e. The second-order valence-corrected chi connectivity index (χ2v) is 4.68. The lowest BCUT2D eigenvalue weighted by Gasteiger charge is -2.22. The molecule has 1 aliphatic carbocycles. The number of nitrogens with one attached hydrogen (secondary N) is 1. The highest BCUT2D eigenvalue weighted by Gasteiger charge is 2.31. The first-order valence-corrected chi connectivity index (χ1v) is 5.66. The number of aryl methyl sites for hydroxylation is 1. The minimum absolute atomic E-state index is 0.801. The molecule has 1 aromatic rings. The summed E-state index contributed by atoms with van der Waals surface area (Å²) in [6.45, 7) is 4.31. The van der Waals surface area contributed by atoms with E-state index in [0.717, 1.165) is 36.3 Å². The zero-order valence-corrected chi connectivity index (χ0v) is 8.99. The van der Waals surface area contributed by atoms with Crippen LogP contribution in [0.3, 0.4) is 0 Å². The van der Waals surface area contributed by atoms with Gasteiger partial charge in [0.1, 0.15) is 0 Å². The van der Waals surface area contributed by atoms with Crippen LogP contribution in [-0.4, -0.2) is 18.2 Å². The normalized spacial score (nSPS) is 30.1. The molecule has 0 radical (unpaired) electrons. The molecule has 15 heavy (non-hydrogen) atoms. The van der Waals surface area contributed by atoms with E-state index in [-0.39, 0.29) is 0 Å². The fourth-order valence-electron chi connectivity index (χ4n) is 2.68. The molecular formula is C12H16N2O. The lowest BCUT2D eigenvalue weighted by molar-refractivity contribution is 0.385. The Morgan fingerprint density at radius 1 is 1.40 bits per heavy atom. The maximum Gasteiger partial charge on any atom is 0.162 e. The smallest absolute Gasteiger partial charge is 0.162 e. The van der Waals surface area contributed by atoms with Crippen LogP contribution in [0.4, 0.5) is 0 Å². The second-order valence-electron chi connectivity index (χ2n) is 4.68. The van der Waals surface area contributed by atoms with E-state index in [1.165, 1.54) is 18.5 Å². The number of aromatic nitrogens is 1. The number of fused-ring (bicyclic) bond motifs is 1. The summed E-state index contributed by atoms with van der Waals surface area (Å²) in [7, 11) is 0. The molecule has 2 heterocycles. The van der Waals surface area contributed by atoms with Crippen molar-refractivity contribution in [3.05, 3.63) is 23.6 Å². The molecular weight excluding hydrogens is 188 g/mol. The van der Waals surface area contributed by atoms with Crippen molar-refractivity contribution in [2.45, 2.75) is 19.8 Å². The molecule has 3 nitrogen and oxygen atoms in total. The fourth-order valence-corrected chi connectivity index (χ4v) is 2.68. The number of nitrogens with zero attached hydrogens (tertiary/aromatic N) is 1. The maximum atomic E-state index is 5.31. The van der Waals surface area contributed by atoms with Gasteiger partial charge in [-0.2, -0.15) is 0 Å². The molecule has 0 spiro atoms. The molecule has 1 fully saturated rings. The molecule has 3 heteroatoms. The summed E-state index contributed by atoms with van der Waals surface area (Å²) in [5.74, 6) is 2.62. The Balaban J connectivity index is 1.83. The molecule has 1 saturated heterocycles. The molecule has 0 unspecified atom stereocenters. The summed E-state index contributed by atoms with van der Waals surface area (Å²) in [5.41, 5.74) is 2.32. The van der Waals surface area contributed by atoms with Crippen molar-refractivity contribution >= 4 is 5.57 Å². The highest BCUT2D eigenvalue weighted by atomic mass is 16.5. The van der Waals surface area contributed by atoms with Crippen LogP contribution in [0.25, 0.3) is 5.57 Å². The van der Waals surface area contributed by atoms with E-state index >= 15 is 0 Å². The van der Waals surface area contributed by atoms with Gasteiger partial charge in [0.25, 0.3) is 0 Å². The quantitative estimate of drug-likeness (QED) is 0.760. The van der Waals surface area contributed by atoms with Crippen molar-refractivity contribution in [1.82, 2.24) is 10.5 Å². The van der Waals surface area contributed by atoms with Crippen LogP contribution in [0.15, 0.2) is 16.7 Å². The van der Waals surface area contributed by atoms with Crippen LogP contribution >= 0.6 is 0 Å². The molecule has 0 bridgehead atoms. The predicted molar refractivity (Wildman–Crippen MR) is 58.3 cm³/mol. The van der Waals surface area contributed by atoms with E-state index in [1.807, 2.05) is 13.0 Å². The van der Waals surface area contributed by atoms with Crippen molar-refractivity contribution in [3.63, 3.8) is 0 Å². The van der Waals surface area contributed by atoms with Gasteiger partial charge in [0.2, 0.25) is 0 Å². The van der Waals surface area contributed by atoms with E-state index in [9.17, 15) is 0 Å². The molecule has 0 aromatic carbocycles. The van der Waals surface area contributed by atoms with Gasteiger partial charge in [0, 0.05) is 6.07 Å². The minimum atomic E-state index is 0.801. The molecule has 3 rings (SSSR count). The van der Waals surface area contributed by atoms with E-state index in [0.29, 0.717) is 0 Å². The molecule has 2 aliphatic rings. The van der Waals surface area contributed by atoms with Gasteiger partial charge in [-0.15, -0.1) is 0 Å². The van der Waals surface area contributed by atoms with Crippen molar-refractivity contribution < 1.29 is 4.52 Å². The van der Waals surface area contributed by atoms with Gasteiger partial charge in [-0.25, -0.2) is 0 Å². The van der Waals surface area contributed by atoms with Crippen LogP contribution in [-0.2, 0) is 0 Å². The Kier molecular flexibility index (Phi) is 2.13. The van der Waals surface area contributed by atoms with Gasteiger partial charge in [0.15, 0.2) is 5.76 Å². The molecule has 0 saturated carbocycles. The molecule has 0 amide bonds. The zero-order valence-electron chi connectivity index (χ0n) is 8.99. The minimum Gasteiger partial charge on any atom is -0.356 e. The lowest BCUT2D eigenvalue weighted by atomic mass is 9.81. The van der Waals surface area contributed by atoms with Crippen LogP contribution in [0.2, 0.25) is 0 Å². The van der Waals surface area contributed by atoms with Gasteiger partial charge in [-0.1, -0.05) is 11.2 Å². The van der Waals surface area contributed by atoms with Crippen LogP contribution in [0.1, 0.15) is 24.3 Å². The summed E-state index contributed by atoms with van der Waals surface area (Å²) >= 11 is 0. The van der Waals surface area contributed by atoms with Gasteiger partial charge in [-0.05, 0) is 50.3 Å². The van der Waals surface area contributed by atoms with Crippen LogP contribution in [0, 0.1) is 18.8 Å². The first-order chi connectivity index (χ1) is 7.33. The van der Waals surface area contributed by atoms with Crippen LogP contribution < -0.4 is 5.32 Å². The molecule has 1 aliphatic heterocycles. The summed E-state index contributed by atoms with van der Waals surface area (Å²) in [5, 5.41) is 7.41. The van der Waals surface area contributed by atoms with E-state index in [2.05, 4.69) is 16.5 Å². The van der Waals surface area contributed by atoms with Gasteiger partial charge in [0.05, 0.1) is 5.69 Å². The first kappa shape index (κ1) is 9.16. The monoisotopic (exact) mass is 204 g/mol. The van der Waals surface area contributed by atoms with Crippen molar-refractivity contribution in [2.24, 2.45) is 11.8 Å². The van der Waals surface area contributed by atoms with Crippen molar-refractivity contribution in [2.75, 3.05) is 13.1 Å². The predicted octanol–water partition coefficient (Wildman–Crippen LogP) is 2.00. The maximum absolute atomic E-state index is 5.31. The standard InChI is InChI=1S/C12H16N2O/c1-8-4-12(15-14-8)9-2-3-10-6-13-7-11(10)5-9/h2,4,10-11,13H,3,5-7H2,1H3/t10-,11+/m1/s1. The fraction of sp³-hybridized carbons (Fsp3) is 0.583. The van der Waals surface area contributed by atoms with Gasteiger partial charge < -0.3 is 9.84 Å². The molecule has 2 atom stereocenters. The molecule has 80 valence electrons. The zero-order chi connectivity index (χ0) is 10.3. The lowest BCUT2D eigenvalue weighted by Crippen LogP contribution is -2.16. The average molecular weight is 204 g/mol. The van der Waals surface area contributed by atoms with Gasteiger partial charge in [-0.3, -0.25) is 0 Å². The highest BCUT2D eigenvalue weighted by Crippen LogP contribution is 2.36. The molecule has 1 aromatic heterocycles. The number of rotatable bonds is 1. The Bertz CT molecular complexity index is 394. The Hall–Kier alpha value is -1.09. The third kappa shape index (κ3) is 1.61. The second kappa shape index (κ2) is 3.49. The van der Waals surface area contributed by atoms with Crippen molar-refractivity contribution in [1.29, 1.82) is 0 Å². The summed E-state index contributed by atoms with van der Waals surface area (Å²) in [6, 6.07) is 2.04. The Labute approximate surface area is 89.5 Å². The summed E-state index contributed by atoms with van der Waals surface area (Å²) in [6.07, 6.45) is 4.66. The first-order valence-electron chi connectivity index (χ1n) is 5.66. The summed E-state index contributed by atoms with van der Waals surface area (Å²) < 4.78 is 5.31.